The zero-order valence-electron chi connectivity index (χ0n) is 15.7. The van der Waals surface area contributed by atoms with E-state index >= 15 is 0 Å². The van der Waals surface area contributed by atoms with Gasteiger partial charge < -0.3 is 15.1 Å². The number of hydrogen-bond acceptors (Lipinski definition) is 4. The van der Waals surface area contributed by atoms with E-state index < -0.39 is 0 Å². The van der Waals surface area contributed by atoms with Crippen molar-refractivity contribution in [2.75, 3.05) is 19.6 Å². The van der Waals surface area contributed by atoms with Crippen LogP contribution in [0, 0.1) is 6.92 Å². The first-order valence-electron chi connectivity index (χ1n) is 9.49. The minimum absolute atomic E-state index is 0.0214. The highest BCUT2D eigenvalue weighted by molar-refractivity contribution is 5.91. The van der Waals surface area contributed by atoms with Crippen molar-refractivity contribution >= 4 is 11.8 Å². The van der Waals surface area contributed by atoms with Gasteiger partial charge in [0.05, 0.1) is 6.26 Å². The Morgan fingerprint density at radius 2 is 2.00 bits per heavy atom. The molecule has 1 aliphatic rings. The van der Waals surface area contributed by atoms with E-state index in [0.717, 1.165) is 32.5 Å². The Balaban J connectivity index is 1.32. The Morgan fingerprint density at radius 3 is 2.70 bits per heavy atom. The van der Waals surface area contributed by atoms with Crippen LogP contribution in [-0.2, 0) is 11.3 Å². The molecule has 0 spiro atoms. The summed E-state index contributed by atoms with van der Waals surface area (Å²) in [6, 6.07) is 12.1. The molecule has 1 fully saturated rings. The highest BCUT2D eigenvalue weighted by atomic mass is 16.3. The van der Waals surface area contributed by atoms with Gasteiger partial charge >= 0.3 is 0 Å². The maximum Gasteiger partial charge on any atom is 0.286 e. The van der Waals surface area contributed by atoms with Crippen LogP contribution >= 0.6 is 0 Å². The van der Waals surface area contributed by atoms with Gasteiger partial charge in [0, 0.05) is 38.6 Å². The van der Waals surface area contributed by atoms with Crippen molar-refractivity contribution in [3.8, 4) is 0 Å². The molecule has 6 nitrogen and oxygen atoms in total. The molecule has 1 saturated heterocycles. The Morgan fingerprint density at radius 1 is 1.19 bits per heavy atom. The highest BCUT2D eigenvalue weighted by Crippen LogP contribution is 2.15. The third-order valence-corrected chi connectivity index (χ3v) is 4.82. The number of amides is 2. The molecule has 2 aromatic rings. The van der Waals surface area contributed by atoms with Gasteiger partial charge in [-0.15, -0.1) is 0 Å². The van der Waals surface area contributed by atoms with Gasteiger partial charge in [-0.25, -0.2) is 0 Å². The number of aryl methyl sites for hydroxylation is 1. The summed E-state index contributed by atoms with van der Waals surface area (Å²) in [6.07, 6.45) is 3.63. The largest absolute Gasteiger partial charge is 0.459 e. The third kappa shape index (κ3) is 5.96. The van der Waals surface area contributed by atoms with Crippen LogP contribution < -0.4 is 10.6 Å². The minimum atomic E-state index is -0.294. The summed E-state index contributed by atoms with van der Waals surface area (Å²) in [5.41, 5.74) is 2.62. The second kappa shape index (κ2) is 9.37. The Labute approximate surface area is 159 Å². The Kier molecular flexibility index (Phi) is 6.65. The maximum atomic E-state index is 12.1. The number of carbonyl (C=O) groups is 2. The first kappa shape index (κ1) is 19.2. The number of benzene rings is 1. The zero-order chi connectivity index (χ0) is 19.1. The number of nitrogens with one attached hydrogen (secondary N) is 2. The number of rotatable bonds is 7. The lowest BCUT2D eigenvalue weighted by Gasteiger charge is -2.32. The molecule has 0 bridgehead atoms. The van der Waals surface area contributed by atoms with Crippen molar-refractivity contribution in [3.05, 3.63) is 59.5 Å². The van der Waals surface area contributed by atoms with Crippen LogP contribution in [0.5, 0.6) is 0 Å². The Bertz CT molecular complexity index is 750. The molecule has 6 heteroatoms. The third-order valence-electron chi connectivity index (χ3n) is 4.82. The summed E-state index contributed by atoms with van der Waals surface area (Å²) >= 11 is 0. The first-order chi connectivity index (χ1) is 13.1. The second-order valence-corrected chi connectivity index (χ2v) is 7.09. The molecular formula is C21H27N3O3. The number of carbonyl (C=O) groups excluding carboxylic acids is 2. The summed E-state index contributed by atoms with van der Waals surface area (Å²) in [5.74, 6) is -0.0551. The van der Waals surface area contributed by atoms with Crippen molar-refractivity contribution in [1.82, 2.24) is 15.5 Å². The van der Waals surface area contributed by atoms with Crippen LogP contribution in [0.15, 0.2) is 47.1 Å². The molecule has 1 aromatic carbocycles. The molecule has 2 amide bonds. The molecule has 1 aliphatic heterocycles. The summed E-state index contributed by atoms with van der Waals surface area (Å²) in [7, 11) is 0. The predicted molar refractivity (Wildman–Crippen MR) is 103 cm³/mol. The smallest absolute Gasteiger partial charge is 0.286 e. The molecule has 2 heterocycles. The fraction of sp³-hybridized carbons (Fsp3) is 0.429. The van der Waals surface area contributed by atoms with Crippen LogP contribution in [0.3, 0.4) is 0 Å². The van der Waals surface area contributed by atoms with E-state index in [1.807, 2.05) is 0 Å². The van der Waals surface area contributed by atoms with Crippen molar-refractivity contribution in [1.29, 1.82) is 0 Å². The average molecular weight is 369 g/mol. The lowest BCUT2D eigenvalue weighted by molar-refractivity contribution is -0.122. The normalized spacial score (nSPS) is 15.4. The van der Waals surface area contributed by atoms with Crippen LogP contribution in [0.2, 0.25) is 0 Å². The van der Waals surface area contributed by atoms with Crippen LogP contribution in [0.1, 0.15) is 40.9 Å². The molecule has 1 aromatic heterocycles. The van der Waals surface area contributed by atoms with Crippen LogP contribution in [0.4, 0.5) is 0 Å². The first-order valence-corrected chi connectivity index (χ1v) is 9.49. The molecule has 0 atom stereocenters. The second-order valence-electron chi connectivity index (χ2n) is 7.09. The number of furan rings is 1. The average Bonchev–Trinajstić information content (AvgIpc) is 3.18. The monoisotopic (exact) mass is 369 g/mol. The van der Waals surface area contributed by atoms with Crippen molar-refractivity contribution in [3.63, 3.8) is 0 Å². The topological polar surface area (TPSA) is 74.6 Å². The van der Waals surface area contributed by atoms with Gasteiger partial charge in [0.1, 0.15) is 0 Å². The molecule has 27 heavy (non-hydrogen) atoms. The molecule has 0 unspecified atom stereocenters. The maximum absolute atomic E-state index is 12.1. The number of piperidine rings is 1. The zero-order valence-corrected chi connectivity index (χ0v) is 15.7. The SMILES string of the molecule is Cc1cccc(CN2CCC(NC(=O)CCNC(=O)c3ccco3)CC2)c1. The lowest BCUT2D eigenvalue weighted by Crippen LogP contribution is -2.45. The van der Waals surface area contributed by atoms with Crippen molar-refractivity contribution < 1.29 is 14.0 Å². The summed E-state index contributed by atoms with van der Waals surface area (Å²) in [6.45, 7) is 5.34. The van der Waals surface area contributed by atoms with E-state index in [-0.39, 0.29) is 30.0 Å². The van der Waals surface area contributed by atoms with Gasteiger partial charge in [-0.3, -0.25) is 14.5 Å². The van der Waals surface area contributed by atoms with E-state index in [0.29, 0.717) is 6.54 Å². The summed E-state index contributed by atoms with van der Waals surface area (Å²) in [4.78, 5) is 26.3. The van der Waals surface area contributed by atoms with Crippen molar-refractivity contribution in [2.45, 2.75) is 38.8 Å². The molecule has 3 rings (SSSR count). The summed E-state index contributed by atoms with van der Waals surface area (Å²) < 4.78 is 5.02. The fourth-order valence-corrected chi connectivity index (χ4v) is 3.39. The predicted octanol–water partition coefficient (Wildman–Crippen LogP) is 2.49. The van der Waals surface area contributed by atoms with Gasteiger partial charge in [-0.05, 0) is 37.5 Å². The molecule has 144 valence electrons. The Hall–Kier alpha value is -2.60. The van der Waals surface area contributed by atoms with Crippen LogP contribution in [-0.4, -0.2) is 42.4 Å². The van der Waals surface area contributed by atoms with Gasteiger partial charge in [-0.2, -0.15) is 0 Å². The molecule has 2 N–H and O–H groups in total. The lowest BCUT2D eigenvalue weighted by atomic mass is 10.0. The van der Waals surface area contributed by atoms with E-state index in [4.69, 9.17) is 4.42 Å². The quantitative estimate of drug-likeness (QED) is 0.786. The van der Waals surface area contributed by atoms with Crippen LogP contribution in [0.25, 0.3) is 0 Å². The number of likely N-dealkylation sites (tertiary alicyclic amines) is 1. The van der Waals surface area contributed by atoms with Gasteiger partial charge in [0.2, 0.25) is 5.91 Å². The summed E-state index contributed by atoms with van der Waals surface area (Å²) in [5, 5.41) is 5.77. The number of nitrogens with zero attached hydrogens (tertiary/aromatic N) is 1. The molecular weight excluding hydrogens is 342 g/mol. The molecule has 0 aliphatic carbocycles. The van der Waals surface area contributed by atoms with Gasteiger partial charge in [-0.1, -0.05) is 29.8 Å². The molecule has 0 saturated carbocycles. The minimum Gasteiger partial charge on any atom is -0.459 e. The van der Waals surface area contributed by atoms with Gasteiger partial charge in [0.15, 0.2) is 5.76 Å². The highest BCUT2D eigenvalue weighted by Gasteiger charge is 2.20. The van der Waals surface area contributed by atoms with Gasteiger partial charge in [0.25, 0.3) is 5.91 Å². The van der Waals surface area contributed by atoms with E-state index in [1.54, 1.807) is 12.1 Å². The van der Waals surface area contributed by atoms with E-state index in [1.165, 1.54) is 17.4 Å². The standard InChI is InChI=1S/C21H27N3O3/c1-16-4-2-5-17(14-16)15-24-11-8-18(9-12-24)23-20(25)7-10-22-21(26)19-6-3-13-27-19/h2-6,13-14,18H,7-12,15H2,1H3,(H,22,26)(H,23,25). The number of hydrogen-bond donors (Lipinski definition) is 2. The van der Waals surface area contributed by atoms with Crippen molar-refractivity contribution in [2.24, 2.45) is 0 Å². The molecule has 0 radical (unpaired) electrons. The van der Waals surface area contributed by atoms with E-state index in [9.17, 15) is 9.59 Å². The van der Waals surface area contributed by atoms with E-state index in [2.05, 4.69) is 46.7 Å². The fourth-order valence-electron chi connectivity index (χ4n) is 3.39.